The quantitative estimate of drug-likeness (QED) is 0.367. The number of imidazole rings is 1. The van der Waals surface area contributed by atoms with Crippen molar-refractivity contribution in [3.8, 4) is 6.07 Å². The van der Waals surface area contributed by atoms with Gasteiger partial charge < -0.3 is 18.9 Å². The number of nitrogens with one attached hydrogen (secondary N) is 1. The standard InChI is InChI=1S/C22H20N5O5P/c1-13-20(14(2)32-26-13)21(28)25-22-24-18-11-16(12-23)5-8-19(18)27(22)10-9-15-3-6-17(7-4-15)33(29,30)31/h3-8,11H,9-10H2,1-2H3,(H,24,25,28)(H2,29,30,31). The van der Waals surface area contributed by atoms with E-state index in [-0.39, 0.29) is 5.30 Å². The molecule has 168 valence electrons. The number of hydrogen-bond acceptors (Lipinski definition) is 6. The molecule has 4 aromatic rings. The lowest BCUT2D eigenvalue weighted by Crippen LogP contribution is -2.18. The maximum atomic E-state index is 12.9. The predicted octanol–water partition coefficient (Wildman–Crippen LogP) is 2.81. The molecule has 0 bridgehead atoms. The van der Waals surface area contributed by atoms with E-state index in [2.05, 4.69) is 21.5 Å². The van der Waals surface area contributed by atoms with E-state index in [0.717, 1.165) is 11.1 Å². The fourth-order valence-corrected chi connectivity index (χ4v) is 4.13. The predicted molar refractivity (Wildman–Crippen MR) is 120 cm³/mol. The molecule has 1 amide bonds. The summed E-state index contributed by atoms with van der Waals surface area (Å²) in [7, 11) is -4.30. The third-order valence-electron chi connectivity index (χ3n) is 5.26. The highest BCUT2D eigenvalue weighted by Gasteiger charge is 2.21. The molecule has 2 aromatic heterocycles. The zero-order chi connectivity index (χ0) is 23.8. The van der Waals surface area contributed by atoms with Gasteiger partial charge in [0.15, 0.2) is 0 Å². The van der Waals surface area contributed by atoms with Crippen LogP contribution in [0.4, 0.5) is 5.95 Å². The third-order valence-corrected chi connectivity index (χ3v) is 6.23. The fourth-order valence-electron chi connectivity index (χ4n) is 3.59. The van der Waals surface area contributed by atoms with E-state index in [0.29, 0.717) is 47.0 Å². The van der Waals surface area contributed by atoms with Crippen molar-refractivity contribution < 1.29 is 23.7 Å². The maximum Gasteiger partial charge on any atom is 0.356 e. The Morgan fingerprint density at radius 3 is 2.55 bits per heavy atom. The van der Waals surface area contributed by atoms with E-state index in [9.17, 15) is 24.4 Å². The van der Waals surface area contributed by atoms with Crippen molar-refractivity contribution >= 4 is 35.8 Å². The van der Waals surface area contributed by atoms with Crippen LogP contribution in [0.3, 0.4) is 0 Å². The van der Waals surface area contributed by atoms with Gasteiger partial charge in [0, 0.05) is 6.54 Å². The molecule has 0 aliphatic carbocycles. The van der Waals surface area contributed by atoms with Crippen LogP contribution >= 0.6 is 7.60 Å². The van der Waals surface area contributed by atoms with Crippen LogP contribution in [-0.4, -0.2) is 30.4 Å². The first-order valence-electron chi connectivity index (χ1n) is 9.97. The highest BCUT2D eigenvalue weighted by molar-refractivity contribution is 7.60. The van der Waals surface area contributed by atoms with Gasteiger partial charge >= 0.3 is 7.60 Å². The highest BCUT2D eigenvalue weighted by Crippen LogP contribution is 2.33. The van der Waals surface area contributed by atoms with E-state index in [1.165, 1.54) is 12.1 Å². The van der Waals surface area contributed by atoms with Gasteiger partial charge in [0.25, 0.3) is 5.91 Å². The zero-order valence-corrected chi connectivity index (χ0v) is 18.7. The van der Waals surface area contributed by atoms with Gasteiger partial charge in [-0.3, -0.25) is 14.7 Å². The molecule has 0 atom stereocenters. The molecule has 0 saturated carbocycles. The summed E-state index contributed by atoms with van der Waals surface area (Å²) in [4.78, 5) is 36.0. The lowest BCUT2D eigenvalue weighted by molar-refractivity contribution is 0.102. The molecule has 0 spiro atoms. The summed E-state index contributed by atoms with van der Waals surface area (Å²) < 4.78 is 18.3. The molecular formula is C22H20N5O5P. The van der Waals surface area contributed by atoms with Gasteiger partial charge in [-0.25, -0.2) is 4.98 Å². The first kappa shape index (κ1) is 22.4. The summed E-state index contributed by atoms with van der Waals surface area (Å²) in [6.45, 7) is 3.75. The molecule has 0 radical (unpaired) electrons. The van der Waals surface area contributed by atoms with Crippen molar-refractivity contribution in [1.82, 2.24) is 14.7 Å². The van der Waals surface area contributed by atoms with Crippen LogP contribution in [0.1, 0.15) is 32.9 Å². The molecule has 10 nitrogen and oxygen atoms in total. The molecule has 2 aromatic carbocycles. The average molecular weight is 465 g/mol. The van der Waals surface area contributed by atoms with Crippen molar-refractivity contribution in [2.45, 2.75) is 26.8 Å². The smallest absolute Gasteiger partial charge is 0.356 e. The molecule has 0 saturated heterocycles. The minimum absolute atomic E-state index is 0.0456. The Bertz CT molecular complexity index is 1420. The van der Waals surface area contributed by atoms with Crippen LogP contribution in [0, 0.1) is 25.2 Å². The van der Waals surface area contributed by atoms with Gasteiger partial charge in [-0.1, -0.05) is 17.3 Å². The molecule has 2 heterocycles. The molecule has 4 rings (SSSR count). The summed E-state index contributed by atoms with van der Waals surface area (Å²) >= 11 is 0. The number of carbonyl (C=O) groups excluding carboxylic acids is 1. The molecule has 3 N–H and O–H groups in total. The summed E-state index contributed by atoms with van der Waals surface area (Å²) in [5.74, 6) is 0.288. The summed E-state index contributed by atoms with van der Waals surface area (Å²) in [5, 5.41) is 15.8. The second-order valence-corrected chi connectivity index (χ2v) is 9.12. The SMILES string of the molecule is Cc1noc(C)c1C(=O)Nc1nc2cc(C#N)ccc2n1CCc1ccc(P(=O)(O)O)cc1. The number of aryl methyl sites for hydroxylation is 4. The van der Waals surface area contributed by atoms with E-state index in [1.807, 2.05) is 4.57 Å². The second-order valence-electron chi connectivity index (χ2n) is 7.52. The van der Waals surface area contributed by atoms with Gasteiger partial charge in [-0.2, -0.15) is 5.26 Å². The van der Waals surface area contributed by atoms with Crippen molar-refractivity contribution in [2.24, 2.45) is 0 Å². The number of benzene rings is 2. The molecule has 11 heteroatoms. The number of rotatable bonds is 6. The van der Waals surface area contributed by atoms with Crippen molar-refractivity contribution in [3.05, 3.63) is 70.6 Å². The van der Waals surface area contributed by atoms with E-state index in [1.54, 1.807) is 44.2 Å². The van der Waals surface area contributed by atoms with Gasteiger partial charge in [0.2, 0.25) is 5.95 Å². The summed E-state index contributed by atoms with van der Waals surface area (Å²) in [6.07, 6.45) is 0.515. The lowest BCUT2D eigenvalue weighted by Gasteiger charge is -2.11. The molecular weight excluding hydrogens is 445 g/mol. The van der Waals surface area contributed by atoms with E-state index < -0.39 is 13.5 Å². The number of anilines is 1. The second kappa shape index (κ2) is 8.64. The molecule has 33 heavy (non-hydrogen) atoms. The Morgan fingerprint density at radius 1 is 1.21 bits per heavy atom. The largest absolute Gasteiger partial charge is 0.361 e. The number of fused-ring (bicyclic) bond motifs is 1. The number of amides is 1. The normalized spacial score (nSPS) is 11.5. The van der Waals surface area contributed by atoms with Crippen LogP contribution in [0.2, 0.25) is 0 Å². The van der Waals surface area contributed by atoms with Gasteiger partial charge in [0.05, 0.1) is 33.7 Å². The van der Waals surface area contributed by atoms with Crippen LogP contribution in [0.15, 0.2) is 47.0 Å². The third kappa shape index (κ3) is 4.56. The topological polar surface area (TPSA) is 154 Å². The lowest BCUT2D eigenvalue weighted by atomic mass is 10.1. The monoisotopic (exact) mass is 465 g/mol. The minimum atomic E-state index is -4.30. The van der Waals surface area contributed by atoms with Crippen LogP contribution in [0.5, 0.6) is 0 Å². The van der Waals surface area contributed by atoms with E-state index >= 15 is 0 Å². The number of hydrogen-bond donors (Lipinski definition) is 3. The average Bonchev–Trinajstić information content (AvgIpc) is 3.29. The van der Waals surface area contributed by atoms with Gasteiger partial charge in [-0.15, -0.1) is 0 Å². The Morgan fingerprint density at radius 2 is 1.94 bits per heavy atom. The molecule has 0 fully saturated rings. The first-order valence-corrected chi connectivity index (χ1v) is 11.6. The highest BCUT2D eigenvalue weighted by atomic mass is 31.2. The molecule has 0 aliphatic rings. The Labute approximate surface area is 188 Å². The Balaban J connectivity index is 1.66. The van der Waals surface area contributed by atoms with E-state index in [4.69, 9.17) is 4.52 Å². The van der Waals surface area contributed by atoms with Crippen molar-refractivity contribution in [2.75, 3.05) is 5.32 Å². The maximum absolute atomic E-state index is 12.9. The fraction of sp³-hybridized carbons (Fsp3) is 0.182. The van der Waals surface area contributed by atoms with Crippen LogP contribution in [-0.2, 0) is 17.5 Å². The number of nitrogens with zero attached hydrogens (tertiary/aromatic N) is 4. The summed E-state index contributed by atoms with van der Waals surface area (Å²) in [5.41, 5.74) is 3.38. The number of aromatic nitrogens is 3. The van der Waals surface area contributed by atoms with Crippen molar-refractivity contribution in [3.63, 3.8) is 0 Å². The summed E-state index contributed by atoms with van der Waals surface area (Å²) in [6, 6.07) is 13.3. The van der Waals surface area contributed by atoms with Gasteiger partial charge in [-0.05, 0) is 56.2 Å². The number of carbonyl (C=O) groups is 1. The van der Waals surface area contributed by atoms with Gasteiger partial charge in [0.1, 0.15) is 11.3 Å². The van der Waals surface area contributed by atoms with Crippen LogP contribution < -0.4 is 10.6 Å². The van der Waals surface area contributed by atoms with Crippen LogP contribution in [0.25, 0.3) is 11.0 Å². The zero-order valence-electron chi connectivity index (χ0n) is 17.8. The first-order chi connectivity index (χ1) is 15.7. The minimum Gasteiger partial charge on any atom is -0.361 e. The van der Waals surface area contributed by atoms with Crippen molar-refractivity contribution in [1.29, 1.82) is 5.26 Å². The number of nitriles is 1. The Hall–Kier alpha value is -3.77. The molecule has 0 unspecified atom stereocenters. The molecule has 0 aliphatic heterocycles. The Kier molecular flexibility index (Phi) is 5.87.